The zero-order valence-corrected chi connectivity index (χ0v) is 62.5. The Morgan fingerprint density at radius 1 is 0.441 bits per heavy atom. The fourth-order valence-corrected chi connectivity index (χ4v) is 13.0. The molecule has 5 aromatic heterocycles. The summed E-state index contributed by atoms with van der Waals surface area (Å²) in [6.45, 7) is 12.3. The highest BCUT2D eigenvalue weighted by atomic mass is 35.5. The van der Waals surface area contributed by atoms with Crippen molar-refractivity contribution in [3.8, 4) is 0 Å². The van der Waals surface area contributed by atoms with E-state index in [0.29, 0.717) is 54.9 Å². The number of aromatic amines is 5. The van der Waals surface area contributed by atoms with Crippen LogP contribution in [0.25, 0.3) is 54.5 Å². The number of non-ortho nitro benzene ring substituents is 1. The third-order valence-electron chi connectivity index (χ3n) is 16.3. The summed E-state index contributed by atoms with van der Waals surface area (Å²) < 4.78 is 99.2. The number of rotatable bonds is 25. The molecule has 0 radical (unpaired) electrons. The van der Waals surface area contributed by atoms with Crippen molar-refractivity contribution < 1.29 is 124 Å². The summed E-state index contributed by atoms with van der Waals surface area (Å²) in [5.41, 5.74) is 2.98. The number of halogens is 10. The van der Waals surface area contributed by atoms with Crippen LogP contribution in [0.3, 0.4) is 0 Å². The molecule has 29 nitrogen and oxygen atoms in total. The van der Waals surface area contributed by atoms with Gasteiger partial charge in [-0.1, -0.05) is 46.4 Å². The molecule has 0 amide bonds. The van der Waals surface area contributed by atoms with Crippen LogP contribution >= 0.6 is 46.4 Å². The Kier molecular flexibility index (Phi) is 30.5. The number of aromatic carboxylic acids is 1. The van der Waals surface area contributed by atoms with E-state index in [0.717, 1.165) is 29.1 Å². The molecule has 5 aromatic carbocycles. The quantitative estimate of drug-likeness (QED) is 0.00835. The smallest absolute Gasteiger partial charge is 0.418 e. The van der Waals surface area contributed by atoms with Crippen LogP contribution in [0.15, 0.2) is 60.7 Å². The van der Waals surface area contributed by atoms with Crippen LogP contribution in [0.2, 0.25) is 20.1 Å². The molecule has 0 fully saturated rings. The molecule has 0 aliphatic heterocycles. The number of esters is 4. The second-order valence-corrected chi connectivity index (χ2v) is 25.5. The Morgan fingerprint density at radius 2 is 0.892 bits per heavy atom. The topological polar surface area (TPSA) is 457 Å². The minimum atomic E-state index is -4.76. The van der Waals surface area contributed by atoms with Crippen molar-refractivity contribution in [1.29, 1.82) is 0 Å². The standard InChI is InChI=1S/C15H13ClF3NO4.C15H16ClNO4.C14H12Cl2N2O6.C14H14F3NO2.C14H14N2O6/c1-2-24-14(23)13-7(3-6-10(21)22)11-9(20-13)5-4-8(16)12(11)15(17,18)19;1-3-21-15(20)14-9(4-5-12(18)19)10-6-8(2)7-11(16)13(10)17-14;1-2-24-14(21)12-6(3-4-9(19)20)10-11(16)8(18(22)23)5-7(15)13(10)17-12;1-7-5-10(14(15,16)17)13-9(3-4-12(19)20)8(2)18-11(13)6-7;1-2-22-12(17)6-4-9-10-7-8(16(20)21)3-5-11(10)15-13(9)14(18)19/h4-5,20H,2-3,6H2,1H3,(H,21,22);6-7,17H,3-5H2,1-2H3,(H,18,19);5,17H,2-4H2,1H3,(H,19,20);5-6,18H,3-4H2,1-2H3,(H,19,20);3,5,7,15H,2,4,6H2,1H3,(H,18,19). The highest BCUT2D eigenvalue weighted by molar-refractivity contribution is 6.42. The fraction of sp³-hybridized carbons (Fsp3) is 0.319. The Morgan fingerprint density at radius 3 is 1.39 bits per heavy atom. The number of hydrogen-bond acceptors (Lipinski definition) is 17. The van der Waals surface area contributed by atoms with E-state index in [1.54, 1.807) is 53.7 Å². The van der Waals surface area contributed by atoms with Gasteiger partial charge in [-0.2, -0.15) is 26.3 Å². The maximum Gasteiger partial charge on any atom is 0.418 e. The molecule has 594 valence electrons. The van der Waals surface area contributed by atoms with Gasteiger partial charge in [0.2, 0.25) is 0 Å². The number of nitrogens with one attached hydrogen (secondary N) is 5. The summed E-state index contributed by atoms with van der Waals surface area (Å²) in [4.78, 5) is 137. The van der Waals surface area contributed by atoms with Crippen LogP contribution in [-0.2, 0) is 87.4 Å². The molecule has 10 rings (SSSR count). The van der Waals surface area contributed by atoms with E-state index in [4.69, 9.17) is 85.8 Å². The number of aromatic nitrogens is 5. The summed E-state index contributed by atoms with van der Waals surface area (Å²) in [7, 11) is 0. The van der Waals surface area contributed by atoms with E-state index in [9.17, 15) is 94.8 Å². The Labute approximate surface area is 642 Å². The van der Waals surface area contributed by atoms with Crippen molar-refractivity contribution in [1.82, 2.24) is 24.9 Å². The summed E-state index contributed by atoms with van der Waals surface area (Å²) in [5, 5.41) is 67.4. The molecule has 0 saturated heterocycles. The number of carbonyl (C=O) groups excluding carboxylic acids is 4. The first-order valence-corrected chi connectivity index (χ1v) is 34.7. The van der Waals surface area contributed by atoms with Gasteiger partial charge >= 0.3 is 66.1 Å². The van der Waals surface area contributed by atoms with Crippen molar-refractivity contribution in [3.05, 3.63) is 180 Å². The predicted octanol–water partition coefficient (Wildman–Crippen LogP) is 17.0. The number of carboxylic acid groups (broad SMARTS) is 5. The number of H-pyrrole nitrogens is 5. The van der Waals surface area contributed by atoms with Crippen LogP contribution in [0, 0.1) is 41.0 Å². The highest BCUT2D eigenvalue weighted by Crippen LogP contribution is 2.45. The predicted molar refractivity (Wildman–Crippen MR) is 393 cm³/mol. The molecule has 0 aliphatic rings. The number of nitro benzene ring substituents is 2. The average Bonchev–Trinajstić information content (AvgIpc) is 1.64. The van der Waals surface area contributed by atoms with Crippen LogP contribution in [-0.4, -0.2) is 140 Å². The fourth-order valence-electron chi connectivity index (χ4n) is 11.8. The minimum Gasteiger partial charge on any atom is -0.481 e. The van der Waals surface area contributed by atoms with Gasteiger partial charge in [-0.05, 0) is 162 Å². The number of aryl methyl sites for hydroxylation is 8. The molecule has 111 heavy (non-hydrogen) atoms. The van der Waals surface area contributed by atoms with Crippen LogP contribution in [0.4, 0.5) is 37.7 Å². The molecule has 0 unspecified atom stereocenters. The molecule has 10 N–H and O–H groups in total. The first-order chi connectivity index (χ1) is 52.0. The molecular formula is C72H69Cl4F6N7O22. The average molecular weight is 1640 g/mol. The van der Waals surface area contributed by atoms with Crippen molar-refractivity contribution in [2.24, 2.45) is 0 Å². The third-order valence-corrected chi connectivity index (χ3v) is 17.6. The Balaban J connectivity index is 0.000000217. The van der Waals surface area contributed by atoms with E-state index in [-0.39, 0.29) is 161 Å². The lowest BCUT2D eigenvalue weighted by Crippen LogP contribution is -2.11. The number of nitrogens with zero attached hydrogens (tertiary/aromatic N) is 2. The summed E-state index contributed by atoms with van der Waals surface area (Å²) in [6, 6.07) is 13.9. The molecule has 0 atom stereocenters. The SMILES string of the molecule is CCOC(=O)CCc1c(C(=O)O)[nH]c2ccc([N+](=O)[O-])cc12.CCOC(=O)c1[nH]c2c(Cl)cc(C)cc2c1CCC(=O)O.CCOC(=O)c1[nH]c2c(Cl)cc([N+](=O)[O-])c(Cl)c2c1CCC(=O)O.CCOC(=O)c1[nH]c2ccc(Cl)c(C(F)(F)F)c2c1CCC(=O)O.Cc1cc(C(F)(F)F)c2c(CCC(=O)O)c(C)[nH]c2c1. The number of nitro groups is 2. The monoisotopic (exact) mass is 1640 g/mol. The summed E-state index contributed by atoms with van der Waals surface area (Å²) in [5.74, 6) is -7.93. The van der Waals surface area contributed by atoms with Crippen LogP contribution < -0.4 is 0 Å². The molecule has 0 saturated carbocycles. The highest BCUT2D eigenvalue weighted by Gasteiger charge is 2.39. The number of carbonyl (C=O) groups is 9. The molecule has 0 bridgehead atoms. The van der Waals surface area contributed by atoms with Gasteiger partial charge in [0, 0.05) is 99.5 Å². The number of carboxylic acids is 5. The van der Waals surface area contributed by atoms with E-state index in [2.05, 4.69) is 24.9 Å². The Bertz CT molecular complexity index is 5270. The van der Waals surface area contributed by atoms with Crippen LogP contribution in [0.5, 0.6) is 0 Å². The van der Waals surface area contributed by atoms with Gasteiger partial charge in [0.1, 0.15) is 27.8 Å². The number of alkyl halides is 6. The zero-order valence-electron chi connectivity index (χ0n) is 59.5. The van der Waals surface area contributed by atoms with Crippen molar-refractivity contribution in [2.75, 3.05) is 26.4 Å². The number of fused-ring (bicyclic) bond motifs is 5. The van der Waals surface area contributed by atoms with E-state index in [1.165, 1.54) is 24.3 Å². The van der Waals surface area contributed by atoms with Crippen molar-refractivity contribution in [3.63, 3.8) is 0 Å². The van der Waals surface area contributed by atoms with Crippen molar-refractivity contribution in [2.45, 2.75) is 125 Å². The van der Waals surface area contributed by atoms with E-state index in [1.807, 2.05) is 13.0 Å². The lowest BCUT2D eigenvalue weighted by Gasteiger charge is -2.12. The largest absolute Gasteiger partial charge is 0.481 e. The second-order valence-electron chi connectivity index (χ2n) is 23.9. The molecule has 0 spiro atoms. The van der Waals surface area contributed by atoms with Gasteiger partial charge in [-0.3, -0.25) is 44.2 Å². The summed E-state index contributed by atoms with van der Waals surface area (Å²) >= 11 is 24.0. The molecule has 0 aliphatic carbocycles. The number of ether oxygens (including phenoxy) is 4. The van der Waals surface area contributed by atoms with Gasteiger partial charge in [0.05, 0.1) is 73.5 Å². The van der Waals surface area contributed by atoms with Gasteiger partial charge in [-0.25, -0.2) is 19.2 Å². The number of aliphatic carboxylic acids is 4. The minimum absolute atomic E-state index is 0.00374. The normalized spacial score (nSPS) is 11.2. The van der Waals surface area contributed by atoms with Gasteiger partial charge < -0.3 is 69.4 Å². The Hall–Kier alpha value is -11.4. The maximum atomic E-state index is 13.4. The number of benzene rings is 5. The zero-order chi connectivity index (χ0) is 83.0. The van der Waals surface area contributed by atoms with Gasteiger partial charge in [0.25, 0.3) is 11.4 Å². The first kappa shape index (κ1) is 88.5. The molecule has 39 heteroatoms. The van der Waals surface area contributed by atoms with E-state index >= 15 is 0 Å². The lowest BCUT2D eigenvalue weighted by molar-refractivity contribution is -0.384. The molecular weight excluding hydrogens is 1570 g/mol. The second kappa shape index (κ2) is 38.3. The summed E-state index contributed by atoms with van der Waals surface area (Å²) in [6.07, 6.45) is -10.1. The van der Waals surface area contributed by atoms with E-state index < -0.39 is 104 Å². The van der Waals surface area contributed by atoms with Crippen molar-refractivity contribution >= 4 is 166 Å². The number of hydrogen-bond donors (Lipinski definition) is 10. The maximum absolute atomic E-state index is 13.4. The first-order valence-electron chi connectivity index (χ1n) is 33.1. The lowest BCUT2D eigenvalue weighted by atomic mass is 9.99. The molecule has 10 aromatic rings. The third kappa shape index (κ3) is 22.2. The van der Waals surface area contributed by atoms with Gasteiger partial charge in [-0.15, -0.1) is 0 Å². The molecule has 5 heterocycles. The van der Waals surface area contributed by atoms with Gasteiger partial charge in [0.15, 0.2) is 0 Å². The van der Waals surface area contributed by atoms with Crippen LogP contribution in [0.1, 0.15) is 158 Å².